The second kappa shape index (κ2) is 6.28. The number of amides is 1. The van der Waals surface area contributed by atoms with Crippen LogP contribution in [-0.4, -0.2) is 44.3 Å². The number of aromatic nitrogens is 2. The average molecular weight is 293 g/mol. The minimum atomic E-state index is -0.980. The van der Waals surface area contributed by atoms with Crippen molar-refractivity contribution in [2.24, 2.45) is 0 Å². The van der Waals surface area contributed by atoms with E-state index in [4.69, 9.17) is 5.11 Å². The van der Waals surface area contributed by atoms with Crippen molar-refractivity contribution in [1.29, 1.82) is 0 Å². The lowest BCUT2D eigenvalue weighted by Crippen LogP contribution is -2.37. The number of aryl methyl sites for hydroxylation is 1. The van der Waals surface area contributed by atoms with Crippen LogP contribution < -0.4 is 0 Å². The predicted molar refractivity (Wildman–Crippen MR) is 78.3 cm³/mol. The standard InChI is InChI=1S/C15H23N3O3/c1-4-11(5-2)18-10(3)8-13(16-18)15(21)17(9-14(19)20)12-6-7-12/h8,11-12H,4-7,9H2,1-3H3,(H,19,20). The number of carbonyl (C=O) groups excluding carboxylic acids is 1. The Labute approximate surface area is 124 Å². The molecule has 6 nitrogen and oxygen atoms in total. The quantitative estimate of drug-likeness (QED) is 0.836. The van der Waals surface area contributed by atoms with Gasteiger partial charge in [-0.05, 0) is 38.7 Å². The molecule has 0 spiro atoms. The highest BCUT2D eigenvalue weighted by Gasteiger charge is 2.35. The molecule has 1 N–H and O–H groups in total. The summed E-state index contributed by atoms with van der Waals surface area (Å²) in [6.45, 7) is 5.87. The van der Waals surface area contributed by atoms with E-state index in [9.17, 15) is 9.59 Å². The van der Waals surface area contributed by atoms with Crippen LogP contribution in [0.15, 0.2) is 6.07 Å². The van der Waals surface area contributed by atoms with Crippen molar-refractivity contribution < 1.29 is 14.7 Å². The first-order chi connectivity index (χ1) is 9.97. The van der Waals surface area contributed by atoms with Crippen molar-refractivity contribution in [3.05, 3.63) is 17.5 Å². The van der Waals surface area contributed by atoms with Crippen molar-refractivity contribution in [2.75, 3.05) is 6.54 Å². The molecule has 0 unspecified atom stereocenters. The highest BCUT2D eigenvalue weighted by Crippen LogP contribution is 2.28. The molecule has 0 bridgehead atoms. The molecule has 0 aliphatic heterocycles. The first kappa shape index (κ1) is 15.5. The molecule has 1 saturated carbocycles. The lowest BCUT2D eigenvalue weighted by molar-refractivity contribution is -0.137. The molecule has 21 heavy (non-hydrogen) atoms. The maximum atomic E-state index is 12.5. The lowest BCUT2D eigenvalue weighted by atomic mass is 10.2. The predicted octanol–water partition coefficient (Wildman–Crippen LogP) is 2.24. The third-order valence-electron chi connectivity index (χ3n) is 3.98. The summed E-state index contributed by atoms with van der Waals surface area (Å²) in [7, 11) is 0. The average Bonchev–Trinajstić information content (AvgIpc) is 3.21. The van der Waals surface area contributed by atoms with Crippen molar-refractivity contribution in [1.82, 2.24) is 14.7 Å². The number of carboxylic acid groups (broad SMARTS) is 1. The summed E-state index contributed by atoms with van der Waals surface area (Å²) in [6.07, 6.45) is 3.67. The topological polar surface area (TPSA) is 75.4 Å². The molecular weight excluding hydrogens is 270 g/mol. The Kier molecular flexibility index (Phi) is 4.65. The van der Waals surface area contributed by atoms with Crippen LogP contribution in [0.1, 0.15) is 61.8 Å². The van der Waals surface area contributed by atoms with E-state index in [2.05, 4.69) is 18.9 Å². The van der Waals surface area contributed by atoms with E-state index in [-0.39, 0.29) is 24.5 Å². The van der Waals surface area contributed by atoms with Gasteiger partial charge in [0.05, 0.1) is 6.04 Å². The number of hydrogen-bond donors (Lipinski definition) is 1. The van der Waals surface area contributed by atoms with Gasteiger partial charge in [-0.1, -0.05) is 13.8 Å². The molecule has 1 heterocycles. The van der Waals surface area contributed by atoms with Crippen LogP contribution in [0.3, 0.4) is 0 Å². The lowest BCUT2D eigenvalue weighted by Gasteiger charge is -2.19. The number of carbonyl (C=O) groups is 2. The van der Waals surface area contributed by atoms with Gasteiger partial charge in [-0.3, -0.25) is 14.3 Å². The van der Waals surface area contributed by atoms with Gasteiger partial charge < -0.3 is 10.0 Å². The normalized spacial score (nSPS) is 14.5. The van der Waals surface area contributed by atoms with E-state index in [1.54, 1.807) is 6.07 Å². The maximum Gasteiger partial charge on any atom is 0.323 e. The molecule has 0 radical (unpaired) electrons. The molecule has 0 atom stereocenters. The van der Waals surface area contributed by atoms with Crippen LogP contribution >= 0.6 is 0 Å². The van der Waals surface area contributed by atoms with Gasteiger partial charge in [-0.25, -0.2) is 0 Å². The smallest absolute Gasteiger partial charge is 0.323 e. The third kappa shape index (κ3) is 3.43. The molecule has 1 amide bonds. The molecule has 1 aromatic heterocycles. The summed E-state index contributed by atoms with van der Waals surface area (Å²) in [5.74, 6) is -1.25. The number of carboxylic acids is 1. The van der Waals surface area contributed by atoms with Crippen LogP contribution in [-0.2, 0) is 4.79 Å². The Hall–Kier alpha value is -1.85. The minimum absolute atomic E-state index is 0.0622. The largest absolute Gasteiger partial charge is 0.480 e. The van der Waals surface area contributed by atoms with Crippen molar-refractivity contribution in [3.8, 4) is 0 Å². The molecule has 2 rings (SSSR count). The summed E-state index contributed by atoms with van der Waals surface area (Å²) in [5, 5.41) is 13.4. The van der Waals surface area contributed by atoms with E-state index < -0.39 is 5.97 Å². The van der Waals surface area contributed by atoms with Crippen molar-refractivity contribution >= 4 is 11.9 Å². The number of aliphatic carboxylic acids is 1. The Morgan fingerprint density at radius 1 is 1.43 bits per heavy atom. The summed E-state index contributed by atoms with van der Waals surface area (Å²) in [5.41, 5.74) is 1.30. The molecule has 1 aliphatic rings. The molecule has 0 aromatic carbocycles. The number of hydrogen-bond acceptors (Lipinski definition) is 3. The number of nitrogens with zero attached hydrogens (tertiary/aromatic N) is 3. The Morgan fingerprint density at radius 3 is 2.52 bits per heavy atom. The van der Waals surface area contributed by atoms with E-state index >= 15 is 0 Å². The zero-order valence-electron chi connectivity index (χ0n) is 12.9. The van der Waals surface area contributed by atoms with Gasteiger partial charge >= 0.3 is 5.97 Å². The van der Waals surface area contributed by atoms with Crippen LogP contribution in [0.2, 0.25) is 0 Å². The van der Waals surface area contributed by atoms with Crippen LogP contribution in [0.5, 0.6) is 0 Å². The zero-order valence-corrected chi connectivity index (χ0v) is 12.9. The second-order valence-corrected chi connectivity index (χ2v) is 5.64. The molecular formula is C15H23N3O3. The van der Waals surface area contributed by atoms with Crippen LogP contribution in [0.25, 0.3) is 0 Å². The maximum absolute atomic E-state index is 12.5. The summed E-state index contributed by atoms with van der Waals surface area (Å²) >= 11 is 0. The Morgan fingerprint density at radius 2 is 2.05 bits per heavy atom. The van der Waals surface area contributed by atoms with E-state index in [0.717, 1.165) is 31.4 Å². The van der Waals surface area contributed by atoms with Gasteiger partial charge in [0, 0.05) is 11.7 Å². The molecule has 6 heteroatoms. The van der Waals surface area contributed by atoms with Gasteiger partial charge in [0.25, 0.3) is 5.91 Å². The fourth-order valence-corrected chi connectivity index (χ4v) is 2.64. The first-order valence-electron chi connectivity index (χ1n) is 7.56. The summed E-state index contributed by atoms with van der Waals surface area (Å²) in [6, 6.07) is 2.10. The second-order valence-electron chi connectivity index (χ2n) is 5.64. The SMILES string of the molecule is CCC(CC)n1nc(C(=O)N(CC(=O)O)C2CC2)cc1C. The van der Waals surface area contributed by atoms with Gasteiger partial charge in [-0.2, -0.15) is 5.10 Å². The number of rotatable bonds is 7. The first-order valence-corrected chi connectivity index (χ1v) is 7.56. The fourth-order valence-electron chi connectivity index (χ4n) is 2.64. The highest BCUT2D eigenvalue weighted by molar-refractivity contribution is 5.94. The zero-order chi connectivity index (χ0) is 15.6. The third-order valence-corrected chi connectivity index (χ3v) is 3.98. The highest BCUT2D eigenvalue weighted by atomic mass is 16.4. The van der Waals surface area contributed by atoms with Gasteiger partial charge in [0.15, 0.2) is 5.69 Å². The molecule has 1 fully saturated rings. The van der Waals surface area contributed by atoms with Crippen molar-refractivity contribution in [3.63, 3.8) is 0 Å². The molecule has 1 aliphatic carbocycles. The van der Waals surface area contributed by atoms with Gasteiger partial charge in [-0.15, -0.1) is 0 Å². The fraction of sp³-hybridized carbons (Fsp3) is 0.667. The molecule has 116 valence electrons. The van der Waals surface area contributed by atoms with Crippen molar-refractivity contribution in [2.45, 2.75) is 58.5 Å². The summed E-state index contributed by atoms with van der Waals surface area (Å²) < 4.78 is 1.89. The van der Waals surface area contributed by atoms with E-state index in [1.165, 1.54) is 4.90 Å². The Bertz CT molecular complexity index is 530. The molecule has 0 saturated heterocycles. The summed E-state index contributed by atoms with van der Waals surface area (Å²) in [4.78, 5) is 24.9. The van der Waals surface area contributed by atoms with E-state index in [1.807, 2.05) is 11.6 Å². The van der Waals surface area contributed by atoms with Gasteiger partial charge in [0.2, 0.25) is 0 Å². The van der Waals surface area contributed by atoms with Crippen LogP contribution in [0, 0.1) is 6.92 Å². The van der Waals surface area contributed by atoms with Crippen LogP contribution in [0.4, 0.5) is 0 Å². The Balaban J connectivity index is 2.22. The minimum Gasteiger partial charge on any atom is -0.480 e. The monoisotopic (exact) mass is 293 g/mol. The van der Waals surface area contributed by atoms with E-state index in [0.29, 0.717) is 5.69 Å². The van der Waals surface area contributed by atoms with Gasteiger partial charge in [0.1, 0.15) is 6.54 Å². The molecule has 1 aromatic rings.